The predicted molar refractivity (Wildman–Crippen MR) is 160 cm³/mol. The fraction of sp³-hybridized carbons (Fsp3) is 0.250. The highest BCUT2D eigenvalue weighted by Crippen LogP contribution is 2.46. The molecule has 6 rings (SSSR count). The highest BCUT2D eigenvalue weighted by Gasteiger charge is 2.55. The minimum atomic E-state index is -0.768. The maximum Gasteiger partial charge on any atom is 0.356 e. The van der Waals surface area contributed by atoms with Gasteiger partial charge in [-0.3, -0.25) is 19.3 Å². The van der Waals surface area contributed by atoms with Gasteiger partial charge in [-0.2, -0.15) is 0 Å². The van der Waals surface area contributed by atoms with Gasteiger partial charge in [-0.1, -0.05) is 91.0 Å². The Hall–Kier alpha value is -4.02. The van der Waals surface area contributed by atoms with Gasteiger partial charge >= 0.3 is 11.9 Å². The Labute approximate surface area is 251 Å². The second kappa shape index (κ2) is 12.5. The van der Waals surface area contributed by atoms with Crippen molar-refractivity contribution in [2.75, 3.05) is 12.4 Å². The Bertz CT molecular complexity index is 1480. The molecule has 3 atom stereocenters. The molecule has 2 amide bonds. The molecule has 2 fully saturated rings. The summed E-state index contributed by atoms with van der Waals surface area (Å²) in [7, 11) is 0. The third kappa shape index (κ3) is 5.82. The van der Waals surface area contributed by atoms with Crippen LogP contribution in [-0.2, 0) is 35.1 Å². The van der Waals surface area contributed by atoms with Gasteiger partial charge in [0.1, 0.15) is 22.4 Å². The molecule has 3 aliphatic rings. The van der Waals surface area contributed by atoms with Crippen LogP contribution in [0.1, 0.15) is 29.2 Å². The monoisotopic (exact) mass is 600 g/mol. The summed E-state index contributed by atoms with van der Waals surface area (Å²) in [6.45, 7) is 0.321. The molecule has 1 unspecified atom stereocenters. The van der Waals surface area contributed by atoms with Crippen molar-refractivity contribution in [1.82, 2.24) is 10.2 Å². The molecular weight excluding hydrogens is 572 g/mol. The van der Waals surface area contributed by atoms with Crippen LogP contribution >= 0.6 is 23.5 Å². The van der Waals surface area contributed by atoms with Gasteiger partial charge in [0.2, 0.25) is 5.91 Å². The summed E-state index contributed by atoms with van der Waals surface area (Å²) >= 11 is 2.70. The number of thioether (sulfide) groups is 2. The van der Waals surface area contributed by atoms with Crippen LogP contribution in [-0.4, -0.2) is 57.7 Å². The number of carbonyl (C=O) groups is 4. The van der Waals surface area contributed by atoms with E-state index >= 15 is 0 Å². The van der Waals surface area contributed by atoms with E-state index in [1.807, 2.05) is 91.0 Å². The maximum absolute atomic E-state index is 14.0. The molecule has 2 saturated heterocycles. The number of nitrogens with zero attached hydrogens (tertiary/aromatic N) is 1. The smallest absolute Gasteiger partial charge is 0.356 e. The third-order valence-corrected chi connectivity index (χ3v) is 10.0. The van der Waals surface area contributed by atoms with Crippen molar-refractivity contribution in [3.05, 3.63) is 118 Å². The summed E-state index contributed by atoms with van der Waals surface area (Å²) in [6.07, 6.45) is -0.0412. The van der Waals surface area contributed by atoms with Gasteiger partial charge in [0.25, 0.3) is 5.91 Å². The number of rotatable bonds is 9. The van der Waals surface area contributed by atoms with Gasteiger partial charge in [-0.05, 0) is 16.7 Å². The van der Waals surface area contributed by atoms with Crippen molar-refractivity contribution in [2.45, 2.75) is 35.6 Å². The summed E-state index contributed by atoms with van der Waals surface area (Å²) in [5.41, 5.74) is 2.54. The zero-order valence-electron chi connectivity index (χ0n) is 22.5. The van der Waals surface area contributed by atoms with E-state index in [1.165, 1.54) is 28.4 Å². The van der Waals surface area contributed by atoms with Gasteiger partial charge in [-0.15, -0.1) is 23.5 Å². The van der Waals surface area contributed by atoms with Crippen LogP contribution in [0.15, 0.2) is 102 Å². The zero-order chi connectivity index (χ0) is 29.1. The number of benzene rings is 3. The van der Waals surface area contributed by atoms with Crippen molar-refractivity contribution >= 4 is 47.3 Å². The van der Waals surface area contributed by atoms with Crippen molar-refractivity contribution in [3.63, 3.8) is 0 Å². The molecule has 214 valence electrons. The van der Waals surface area contributed by atoms with E-state index in [2.05, 4.69) is 5.32 Å². The van der Waals surface area contributed by atoms with Gasteiger partial charge in [-0.25, -0.2) is 4.79 Å². The first-order valence-corrected chi connectivity index (χ1v) is 15.6. The molecule has 3 heterocycles. The van der Waals surface area contributed by atoms with E-state index in [0.29, 0.717) is 23.7 Å². The Morgan fingerprint density at radius 1 is 0.952 bits per heavy atom. The van der Waals surface area contributed by atoms with Crippen molar-refractivity contribution in [3.8, 4) is 0 Å². The molecule has 1 N–H and O–H groups in total. The minimum absolute atomic E-state index is 0.124. The van der Waals surface area contributed by atoms with Crippen LogP contribution in [0.4, 0.5) is 0 Å². The normalized spacial score (nSPS) is 21.5. The molecule has 3 aromatic carbocycles. The number of carbonyl (C=O) groups excluding carboxylic acids is 4. The average Bonchev–Trinajstić information content (AvgIpc) is 3.43. The van der Waals surface area contributed by atoms with Crippen molar-refractivity contribution in [1.29, 1.82) is 0 Å². The number of esters is 2. The predicted octanol–water partition coefficient (Wildman–Crippen LogP) is 4.22. The van der Waals surface area contributed by atoms with E-state index in [9.17, 15) is 19.2 Å². The first-order chi connectivity index (χ1) is 20.5. The van der Waals surface area contributed by atoms with Crippen LogP contribution < -0.4 is 5.32 Å². The number of cyclic esters (lactones) is 1. The fourth-order valence-corrected chi connectivity index (χ4v) is 7.87. The lowest BCUT2D eigenvalue weighted by atomic mass is 10.0. The first kappa shape index (κ1) is 28.1. The summed E-state index contributed by atoms with van der Waals surface area (Å²) in [5, 5.41) is 1.93. The number of hydrogen-bond acceptors (Lipinski definition) is 8. The number of β-lactam (4-membered cyclic amide) rings is 1. The van der Waals surface area contributed by atoms with E-state index in [-0.39, 0.29) is 29.9 Å². The molecular formula is C32H28N2O6S2. The molecule has 0 bridgehead atoms. The summed E-state index contributed by atoms with van der Waals surface area (Å²) < 4.78 is 11.3. The molecule has 0 spiro atoms. The quantitative estimate of drug-likeness (QED) is 0.288. The van der Waals surface area contributed by atoms with E-state index in [4.69, 9.17) is 9.47 Å². The van der Waals surface area contributed by atoms with Crippen molar-refractivity contribution < 1.29 is 28.7 Å². The molecule has 42 heavy (non-hydrogen) atoms. The number of nitrogens with one attached hydrogen (secondary N) is 1. The fourth-order valence-electron chi connectivity index (χ4n) is 5.18. The largest absolute Gasteiger partial charge is 0.465 e. The summed E-state index contributed by atoms with van der Waals surface area (Å²) in [4.78, 5) is 54.7. The molecule has 8 nitrogen and oxygen atoms in total. The number of ether oxygens (including phenoxy) is 2. The van der Waals surface area contributed by atoms with Crippen LogP contribution in [0.2, 0.25) is 0 Å². The lowest BCUT2D eigenvalue weighted by molar-refractivity contribution is -0.154. The van der Waals surface area contributed by atoms with Crippen LogP contribution in [0, 0.1) is 0 Å². The van der Waals surface area contributed by atoms with E-state index in [0.717, 1.165) is 16.7 Å². The second-order valence-corrected chi connectivity index (χ2v) is 12.5. The van der Waals surface area contributed by atoms with Gasteiger partial charge in [0.15, 0.2) is 6.10 Å². The second-order valence-electron chi connectivity index (χ2n) is 10.1. The summed E-state index contributed by atoms with van der Waals surface area (Å²) in [5.74, 6) is -1.26. The number of hydrogen-bond donors (Lipinski definition) is 1. The maximum atomic E-state index is 14.0. The SMILES string of the molecule is O=C(Cc1ccccc1)N[C@@H]1C(=O)N2C(C(=O)OC(c3ccccc3)c3ccccc3)=C(SC3CCOC3=O)CS[C@H]12. The summed E-state index contributed by atoms with van der Waals surface area (Å²) in [6, 6.07) is 27.4. The Kier molecular flexibility index (Phi) is 8.34. The van der Waals surface area contributed by atoms with E-state index in [1.54, 1.807) is 0 Å². The third-order valence-electron chi connectivity index (χ3n) is 7.25. The number of fused-ring (bicyclic) bond motifs is 1. The molecule has 0 radical (unpaired) electrons. The van der Waals surface area contributed by atoms with Gasteiger partial charge in [0.05, 0.1) is 13.0 Å². The van der Waals surface area contributed by atoms with Crippen LogP contribution in [0.3, 0.4) is 0 Å². The highest BCUT2D eigenvalue weighted by atomic mass is 32.2. The zero-order valence-corrected chi connectivity index (χ0v) is 24.1. The Morgan fingerprint density at radius 3 is 2.17 bits per heavy atom. The standard InChI is InChI=1S/C32H28N2O6S2/c35-25(18-20-10-4-1-5-11-20)33-26-29(36)34-27(24(19-41-30(26)34)42-23-16-17-39-31(23)37)32(38)40-28(21-12-6-2-7-13-21)22-14-8-3-9-15-22/h1-15,23,26,28,30H,16-19H2,(H,33,35)/t23?,26-,30-/m1/s1. The lowest BCUT2D eigenvalue weighted by Gasteiger charge is -2.49. The van der Waals surface area contributed by atoms with Gasteiger partial charge in [0, 0.05) is 17.1 Å². The van der Waals surface area contributed by atoms with Crippen LogP contribution in [0.25, 0.3) is 0 Å². The molecule has 0 saturated carbocycles. The molecule has 0 aromatic heterocycles. The first-order valence-electron chi connectivity index (χ1n) is 13.6. The molecule has 10 heteroatoms. The Morgan fingerprint density at radius 2 is 1.57 bits per heavy atom. The van der Waals surface area contributed by atoms with Crippen molar-refractivity contribution in [2.24, 2.45) is 0 Å². The number of amides is 2. The highest BCUT2D eigenvalue weighted by molar-refractivity contribution is 8.07. The average molecular weight is 601 g/mol. The topological polar surface area (TPSA) is 102 Å². The molecule has 0 aliphatic carbocycles. The van der Waals surface area contributed by atoms with Gasteiger partial charge < -0.3 is 14.8 Å². The molecule has 3 aliphatic heterocycles. The molecule has 3 aromatic rings. The lowest BCUT2D eigenvalue weighted by Crippen LogP contribution is -2.70. The van der Waals surface area contributed by atoms with E-state index < -0.39 is 28.7 Å². The van der Waals surface area contributed by atoms with Crippen LogP contribution in [0.5, 0.6) is 0 Å². The minimum Gasteiger partial charge on any atom is -0.465 e. The Balaban J connectivity index is 1.27.